The Kier molecular flexibility index (Phi) is 3.13. The van der Waals surface area contributed by atoms with E-state index in [2.05, 4.69) is 5.10 Å². The smallest absolute Gasteiger partial charge is 0.326 e. The molecule has 21 heavy (non-hydrogen) atoms. The molecule has 0 saturated carbocycles. The number of aliphatic hydroxyl groups excluding tert-OH is 1. The van der Waals surface area contributed by atoms with E-state index in [1.54, 1.807) is 23.9 Å². The van der Waals surface area contributed by atoms with Gasteiger partial charge in [0.1, 0.15) is 6.04 Å². The van der Waals surface area contributed by atoms with Crippen LogP contribution in [0.2, 0.25) is 0 Å². The number of carboxylic acids is 1. The maximum atomic E-state index is 12.6. The summed E-state index contributed by atoms with van der Waals surface area (Å²) in [7, 11) is 1.73. The summed E-state index contributed by atoms with van der Waals surface area (Å²) < 4.78 is 1.59. The summed E-state index contributed by atoms with van der Waals surface area (Å²) >= 11 is 0. The Morgan fingerprint density at radius 3 is 2.76 bits per heavy atom. The van der Waals surface area contributed by atoms with E-state index in [-0.39, 0.29) is 18.7 Å². The molecule has 0 radical (unpaired) electrons. The van der Waals surface area contributed by atoms with E-state index in [1.807, 2.05) is 12.1 Å². The van der Waals surface area contributed by atoms with Crippen LogP contribution in [-0.4, -0.2) is 55.5 Å². The van der Waals surface area contributed by atoms with Crippen molar-refractivity contribution in [2.45, 2.75) is 18.6 Å². The predicted octanol–water partition coefficient (Wildman–Crippen LogP) is 0.233. The fraction of sp³-hybridized carbons (Fsp3) is 0.357. The molecule has 1 fully saturated rings. The van der Waals surface area contributed by atoms with Crippen LogP contribution in [0.3, 0.4) is 0 Å². The average Bonchev–Trinajstić information content (AvgIpc) is 3.00. The van der Waals surface area contributed by atoms with Crippen LogP contribution in [0.1, 0.15) is 16.9 Å². The second-order valence-electron chi connectivity index (χ2n) is 5.19. The molecule has 1 saturated heterocycles. The van der Waals surface area contributed by atoms with E-state index >= 15 is 0 Å². The number of rotatable bonds is 2. The molecule has 2 N–H and O–H groups in total. The van der Waals surface area contributed by atoms with Gasteiger partial charge >= 0.3 is 5.97 Å². The van der Waals surface area contributed by atoms with Crippen LogP contribution >= 0.6 is 0 Å². The zero-order chi connectivity index (χ0) is 15.1. The predicted molar refractivity (Wildman–Crippen MR) is 73.8 cm³/mol. The first-order valence-corrected chi connectivity index (χ1v) is 6.62. The summed E-state index contributed by atoms with van der Waals surface area (Å²) in [5, 5.41) is 23.7. The molecule has 2 heterocycles. The summed E-state index contributed by atoms with van der Waals surface area (Å²) in [6.45, 7) is 0.0146. The zero-order valence-electron chi connectivity index (χ0n) is 11.4. The summed E-state index contributed by atoms with van der Waals surface area (Å²) in [6.07, 6.45) is -0.767. The minimum absolute atomic E-state index is 0.0146. The summed E-state index contributed by atoms with van der Waals surface area (Å²) in [4.78, 5) is 25.0. The van der Waals surface area contributed by atoms with E-state index in [0.29, 0.717) is 5.39 Å². The average molecular weight is 289 g/mol. The number of aryl methyl sites for hydroxylation is 1. The molecular weight excluding hydrogens is 274 g/mol. The van der Waals surface area contributed by atoms with Crippen LogP contribution < -0.4 is 0 Å². The number of carbonyl (C=O) groups is 2. The fourth-order valence-electron chi connectivity index (χ4n) is 2.78. The number of benzene rings is 1. The van der Waals surface area contributed by atoms with Gasteiger partial charge in [-0.15, -0.1) is 0 Å². The van der Waals surface area contributed by atoms with E-state index in [1.165, 1.54) is 4.90 Å². The fourth-order valence-corrected chi connectivity index (χ4v) is 2.78. The van der Waals surface area contributed by atoms with Gasteiger partial charge in [0.2, 0.25) is 0 Å². The molecule has 1 aromatic heterocycles. The lowest BCUT2D eigenvalue weighted by atomic mass is 10.1. The number of nitrogens with zero attached hydrogens (tertiary/aromatic N) is 3. The number of amides is 1. The Balaban J connectivity index is 2.02. The van der Waals surface area contributed by atoms with Gasteiger partial charge in [0.15, 0.2) is 5.69 Å². The van der Waals surface area contributed by atoms with Gasteiger partial charge < -0.3 is 15.1 Å². The van der Waals surface area contributed by atoms with Crippen molar-refractivity contribution >= 4 is 22.8 Å². The third-order valence-electron chi connectivity index (χ3n) is 3.79. The van der Waals surface area contributed by atoms with Crippen LogP contribution in [0.15, 0.2) is 24.3 Å². The minimum atomic E-state index is -1.11. The van der Waals surface area contributed by atoms with Gasteiger partial charge in [-0.2, -0.15) is 5.10 Å². The number of likely N-dealkylation sites (tertiary alicyclic amines) is 1. The van der Waals surface area contributed by atoms with Crippen molar-refractivity contribution in [3.63, 3.8) is 0 Å². The van der Waals surface area contributed by atoms with Crippen LogP contribution in [-0.2, 0) is 11.8 Å². The van der Waals surface area contributed by atoms with E-state index in [9.17, 15) is 19.8 Å². The molecule has 7 heteroatoms. The van der Waals surface area contributed by atoms with Gasteiger partial charge in [0, 0.05) is 25.4 Å². The normalized spacial score (nSPS) is 21.9. The highest BCUT2D eigenvalue weighted by Crippen LogP contribution is 2.24. The van der Waals surface area contributed by atoms with Gasteiger partial charge in [0.25, 0.3) is 5.91 Å². The zero-order valence-corrected chi connectivity index (χ0v) is 11.4. The van der Waals surface area contributed by atoms with Crippen molar-refractivity contribution in [2.24, 2.45) is 7.05 Å². The quantitative estimate of drug-likeness (QED) is 0.825. The number of aliphatic carboxylic acids is 1. The van der Waals surface area contributed by atoms with Gasteiger partial charge in [0.05, 0.1) is 11.6 Å². The minimum Gasteiger partial charge on any atom is -0.480 e. The number of aromatic nitrogens is 2. The van der Waals surface area contributed by atoms with Crippen molar-refractivity contribution < 1.29 is 19.8 Å². The van der Waals surface area contributed by atoms with Crippen LogP contribution in [0.25, 0.3) is 10.9 Å². The molecule has 0 aliphatic carbocycles. The van der Waals surface area contributed by atoms with Crippen LogP contribution in [0.4, 0.5) is 0 Å². The van der Waals surface area contributed by atoms with Crippen molar-refractivity contribution in [3.8, 4) is 0 Å². The number of hydrogen-bond donors (Lipinski definition) is 2. The topological polar surface area (TPSA) is 95.7 Å². The number of carbonyl (C=O) groups excluding carboxylic acids is 1. The summed E-state index contributed by atoms with van der Waals surface area (Å²) in [5.74, 6) is -1.57. The van der Waals surface area contributed by atoms with Crippen molar-refractivity contribution in [2.75, 3.05) is 6.54 Å². The number of para-hydroxylation sites is 1. The Morgan fingerprint density at radius 2 is 2.05 bits per heavy atom. The highest BCUT2D eigenvalue weighted by molar-refractivity contribution is 6.06. The third kappa shape index (κ3) is 2.15. The first-order valence-electron chi connectivity index (χ1n) is 6.62. The third-order valence-corrected chi connectivity index (χ3v) is 3.79. The maximum Gasteiger partial charge on any atom is 0.326 e. The molecule has 3 rings (SSSR count). The van der Waals surface area contributed by atoms with Crippen LogP contribution in [0, 0.1) is 0 Å². The molecule has 7 nitrogen and oxygen atoms in total. The first-order chi connectivity index (χ1) is 9.99. The monoisotopic (exact) mass is 289 g/mol. The van der Waals surface area contributed by atoms with Gasteiger partial charge in [-0.05, 0) is 6.07 Å². The molecule has 1 amide bonds. The van der Waals surface area contributed by atoms with E-state index in [0.717, 1.165) is 5.52 Å². The maximum absolute atomic E-state index is 12.6. The number of β-amino-alcohol motifs (C(OH)–C–C–N with tert-alkyl or cyclic N) is 1. The first kappa shape index (κ1) is 13.6. The number of fused-ring (bicyclic) bond motifs is 1. The van der Waals surface area contributed by atoms with Crippen LogP contribution in [0.5, 0.6) is 0 Å². The molecule has 110 valence electrons. The Morgan fingerprint density at radius 1 is 1.33 bits per heavy atom. The largest absolute Gasteiger partial charge is 0.480 e. The standard InChI is InChI=1S/C14H15N3O4/c1-16-10-5-3-2-4-9(10)12(15-16)13(19)17-7-8(18)6-11(17)14(20)21/h2-5,8,11,18H,6-7H2,1H3,(H,20,21)/t8-,11-/m1/s1. The van der Waals surface area contributed by atoms with Crippen molar-refractivity contribution in [3.05, 3.63) is 30.0 Å². The van der Waals surface area contributed by atoms with E-state index < -0.39 is 24.0 Å². The second-order valence-corrected chi connectivity index (χ2v) is 5.19. The SMILES string of the molecule is Cn1nc(C(=O)N2C[C@H](O)C[C@@H]2C(=O)O)c2ccccc21. The highest BCUT2D eigenvalue weighted by atomic mass is 16.4. The van der Waals surface area contributed by atoms with Gasteiger partial charge in [-0.1, -0.05) is 18.2 Å². The molecule has 1 aliphatic rings. The summed E-state index contributed by atoms with van der Waals surface area (Å²) in [5.41, 5.74) is 1.01. The molecule has 2 aromatic rings. The lowest BCUT2D eigenvalue weighted by Gasteiger charge is -2.20. The van der Waals surface area contributed by atoms with Gasteiger partial charge in [-0.3, -0.25) is 9.48 Å². The number of carboxylic acid groups (broad SMARTS) is 1. The summed E-state index contributed by atoms with van der Waals surface area (Å²) in [6, 6.07) is 6.25. The molecule has 2 atom stereocenters. The van der Waals surface area contributed by atoms with E-state index in [4.69, 9.17) is 0 Å². The lowest BCUT2D eigenvalue weighted by Crippen LogP contribution is -2.40. The highest BCUT2D eigenvalue weighted by Gasteiger charge is 2.40. The number of hydrogen-bond acceptors (Lipinski definition) is 4. The van der Waals surface area contributed by atoms with Crippen molar-refractivity contribution in [1.82, 2.24) is 14.7 Å². The number of aliphatic hydroxyl groups is 1. The second kappa shape index (κ2) is 4.85. The van der Waals surface area contributed by atoms with Gasteiger partial charge in [-0.25, -0.2) is 4.79 Å². The molecule has 1 aromatic carbocycles. The molecular formula is C14H15N3O4. The molecule has 0 unspecified atom stereocenters. The Labute approximate surface area is 120 Å². The lowest BCUT2D eigenvalue weighted by molar-refractivity contribution is -0.141. The molecule has 0 bridgehead atoms. The Hall–Kier alpha value is -2.41. The molecule has 0 spiro atoms. The molecule has 1 aliphatic heterocycles. The Bertz CT molecular complexity index is 724. The van der Waals surface area contributed by atoms with Crippen molar-refractivity contribution in [1.29, 1.82) is 0 Å².